The molecule has 0 bridgehead atoms. The lowest BCUT2D eigenvalue weighted by Gasteiger charge is -2.23. The molecule has 1 fully saturated rings. The van der Waals surface area contributed by atoms with Gasteiger partial charge in [0.05, 0.1) is 5.41 Å². The van der Waals surface area contributed by atoms with Crippen LogP contribution in [0.4, 0.5) is 4.79 Å². The van der Waals surface area contributed by atoms with Gasteiger partial charge in [-0.25, -0.2) is 4.79 Å². The van der Waals surface area contributed by atoms with Crippen LogP contribution in [0.1, 0.15) is 50.7 Å². The summed E-state index contributed by atoms with van der Waals surface area (Å²) in [5, 5.41) is 12.3. The maximum absolute atomic E-state index is 12.7. The van der Waals surface area contributed by atoms with Gasteiger partial charge in [0.1, 0.15) is 6.61 Å². The molecule has 2 aromatic rings. The Labute approximate surface area is 206 Å². The minimum atomic E-state index is -0.898. The molecule has 1 saturated heterocycles. The Hall–Kier alpha value is -3.35. The number of likely N-dealkylation sites (tertiary alicyclic amines) is 1. The van der Waals surface area contributed by atoms with Crippen LogP contribution in [0.5, 0.6) is 0 Å². The summed E-state index contributed by atoms with van der Waals surface area (Å²) in [6.45, 7) is 6.93. The van der Waals surface area contributed by atoms with Crippen molar-refractivity contribution in [1.82, 2.24) is 10.2 Å². The van der Waals surface area contributed by atoms with Gasteiger partial charge in [0.25, 0.3) is 0 Å². The number of nitrogens with zero attached hydrogens (tertiary/aromatic N) is 1. The molecule has 2 amide bonds. The van der Waals surface area contributed by atoms with Gasteiger partial charge in [0.2, 0.25) is 5.91 Å². The number of benzene rings is 2. The van der Waals surface area contributed by atoms with E-state index in [4.69, 9.17) is 4.74 Å². The van der Waals surface area contributed by atoms with Gasteiger partial charge in [0, 0.05) is 32.0 Å². The van der Waals surface area contributed by atoms with E-state index >= 15 is 0 Å². The average molecular weight is 479 g/mol. The largest absolute Gasteiger partial charge is 0.481 e. The van der Waals surface area contributed by atoms with Crippen molar-refractivity contribution in [3.05, 3.63) is 59.7 Å². The first-order valence-corrected chi connectivity index (χ1v) is 12.3. The summed E-state index contributed by atoms with van der Waals surface area (Å²) in [5.41, 5.74) is 3.82. The Balaban J connectivity index is 1.21. The Bertz CT molecular complexity index is 1070. The molecule has 7 heteroatoms. The topological polar surface area (TPSA) is 95.9 Å². The Morgan fingerprint density at radius 3 is 2.29 bits per heavy atom. The van der Waals surface area contributed by atoms with E-state index in [0.717, 1.165) is 0 Å². The molecule has 2 aromatic carbocycles. The summed E-state index contributed by atoms with van der Waals surface area (Å²) in [5.74, 6) is -0.905. The van der Waals surface area contributed by atoms with E-state index in [1.54, 1.807) is 11.8 Å². The lowest BCUT2D eigenvalue weighted by molar-refractivity contribution is -0.149. The number of rotatable bonds is 8. The Morgan fingerprint density at radius 1 is 1.11 bits per heavy atom. The van der Waals surface area contributed by atoms with Crippen molar-refractivity contribution < 1.29 is 24.2 Å². The first-order chi connectivity index (χ1) is 16.7. The molecular formula is C28H34N2O5. The van der Waals surface area contributed by atoms with E-state index in [2.05, 4.69) is 29.6 Å². The monoisotopic (exact) mass is 478 g/mol. The van der Waals surface area contributed by atoms with Crippen LogP contribution in [0.15, 0.2) is 48.5 Å². The van der Waals surface area contributed by atoms with E-state index in [0.29, 0.717) is 25.9 Å². The highest BCUT2D eigenvalue weighted by atomic mass is 16.5. The number of hydrogen-bond donors (Lipinski definition) is 2. The van der Waals surface area contributed by atoms with Crippen LogP contribution in [-0.2, 0) is 14.3 Å². The zero-order valence-corrected chi connectivity index (χ0v) is 20.6. The van der Waals surface area contributed by atoms with E-state index in [-0.39, 0.29) is 36.8 Å². The zero-order valence-electron chi connectivity index (χ0n) is 20.6. The van der Waals surface area contributed by atoms with Gasteiger partial charge in [-0.3, -0.25) is 9.59 Å². The minimum Gasteiger partial charge on any atom is -0.481 e. The molecule has 186 valence electrons. The molecule has 1 aliphatic carbocycles. The third kappa shape index (κ3) is 5.04. The van der Waals surface area contributed by atoms with Crippen LogP contribution < -0.4 is 5.32 Å². The van der Waals surface area contributed by atoms with Gasteiger partial charge >= 0.3 is 12.1 Å². The Morgan fingerprint density at radius 2 is 1.71 bits per heavy atom. The number of aliphatic carboxylic acids is 1. The number of carbonyl (C=O) groups is 3. The second kappa shape index (κ2) is 10.1. The molecule has 1 aliphatic heterocycles. The third-order valence-corrected chi connectivity index (χ3v) is 7.72. The number of alkyl carbamates (subject to hydrolysis) is 1. The SMILES string of the molecule is CC(CCNC(=O)OCC1c2ccccc2-c2ccccc21)CC(=O)N1C[C@H](C)[C@@](C)(C(=O)O)C1. The second-order valence-electron chi connectivity index (χ2n) is 10.2. The van der Waals surface area contributed by atoms with E-state index in [1.165, 1.54) is 22.3 Å². The van der Waals surface area contributed by atoms with Crippen molar-refractivity contribution >= 4 is 18.0 Å². The van der Waals surface area contributed by atoms with Gasteiger partial charge < -0.3 is 20.1 Å². The number of hydrogen-bond acceptors (Lipinski definition) is 4. The first kappa shape index (κ1) is 24.8. The molecule has 2 aliphatic rings. The Kier molecular flexibility index (Phi) is 7.15. The predicted molar refractivity (Wildman–Crippen MR) is 133 cm³/mol. The lowest BCUT2D eigenvalue weighted by atomic mass is 9.81. The summed E-state index contributed by atoms with van der Waals surface area (Å²) < 4.78 is 5.56. The summed E-state index contributed by atoms with van der Waals surface area (Å²) >= 11 is 0. The van der Waals surface area contributed by atoms with Gasteiger partial charge in [-0.2, -0.15) is 0 Å². The first-order valence-electron chi connectivity index (χ1n) is 12.3. The van der Waals surface area contributed by atoms with Crippen molar-refractivity contribution in [3.63, 3.8) is 0 Å². The van der Waals surface area contributed by atoms with Gasteiger partial charge in [0.15, 0.2) is 0 Å². The highest BCUT2D eigenvalue weighted by Crippen LogP contribution is 2.44. The predicted octanol–water partition coefficient (Wildman–Crippen LogP) is 4.51. The van der Waals surface area contributed by atoms with Crippen LogP contribution in [0.3, 0.4) is 0 Å². The van der Waals surface area contributed by atoms with Gasteiger partial charge in [-0.15, -0.1) is 0 Å². The third-order valence-electron chi connectivity index (χ3n) is 7.72. The molecule has 0 spiro atoms. The van der Waals surface area contributed by atoms with Crippen molar-refractivity contribution in [2.75, 3.05) is 26.2 Å². The van der Waals surface area contributed by atoms with E-state index in [1.807, 2.05) is 38.1 Å². The number of ether oxygens (including phenoxy) is 1. The average Bonchev–Trinajstić information content (AvgIpc) is 3.32. The number of fused-ring (bicyclic) bond motifs is 3. The fraction of sp³-hybridized carbons (Fsp3) is 0.464. The molecular weight excluding hydrogens is 444 g/mol. The summed E-state index contributed by atoms with van der Waals surface area (Å²) in [4.78, 5) is 38.3. The smallest absolute Gasteiger partial charge is 0.407 e. The molecule has 0 saturated carbocycles. The quantitative estimate of drug-likeness (QED) is 0.582. The number of carboxylic acids is 1. The summed E-state index contributed by atoms with van der Waals surface area (Å²) in [6, 6.07) is 16.4. The van der Waals surface area contributed by atoms with Gasteiger partial charge in [-0.1, -0.05) is 62.4 Å². The maximum atomic E-state index is 12.7. The molecule has 0 aromatic heterocycles. The van der Waals surface area contributed by atoms with Crippen LogP contribution in [-0.4, -0.2) is 54.2 Å². The number of carboxylic acid groups (broad SMARTS) is 1. The molecule has 35 heavy (non-hydrogen) atoms. The standard InChI is InChI=1S/C28H34N2O5/c1-18(14-25(31)30-15-19(2)28(3,17-30)26(32)33)12-13-29-27(34)35-16-24-22-10-6-4-8-20(22)21-9-5-7-11-23(21)24/h4-11,18-19,24H,12-17H2,1-3H3,(H,29,34)(H,32,33)/t18?,19-,28-/m0/s1. The van der Waals surface area contributed by atoms with E-state index in [9.17, 15) is 19.5 Å². The summed E-state index contributed by atoms with van der Waals surface area (Å²) in [7, 11) is 0. The molecule has 0 radical (unpaired) electrons. The van der Waals surface area contributed by atoms with Crippen molar-refractivity contribution in [1.29, 1.82) is 0 Å². The number of amides is 2. The lowest BCUT2D eigenvalue weighted by Crippen LogP contribution is -2.36. The van der Waals surface area contributed by atoms with Crippen LogP contribution in [0.2, 0.25) is 0 Å². The van der Waals surface area contributed by atoms with Crippen LogP contribution in [0.25, 0.3) is 11.1 Å². The fourth-order valence-corrected chi connectivity index (χ4v) is 5.22. The molecule has 7 nitrogen and oxygen atoms in total. The molecule has 4 rings (SSSR count). The van der Waals surface area contributed by atoms with Crippen molar-refractivity contribution in [2.45, 2.75) is 39.5 Å². The minimum absolute atomic E-state index is 0.0176. The maximum Gasteiger partial charge on any atom is 0.407 e. The molecule has 1 unspecified atom stereocenters. The van der Waals surface area contributed by atoms with Crippen molar-refractivity contribution in [2.24, 2.45) is 17.3 Å². The molecule has 2 N–H and O–H groups in total. The highest BCUT2D eigenvalue weighted by Gasteiger charge is 2.47. The number of carbonyl (C=O) groups excluding carboxylic acids is 2. The van der Waals surface area contributed by atoms with E-state index < -0.39 is 17.5 Å². The van der Waals surface area contributed by atoms with Crippen LogP contribution in [0, 0.1) is 17.3 Å². The van der Waals surface area contributed by atoms with Gasteiger partial charge in [-0.05, 0) is 47.4 Å². The summed E-state index contributed by atoms with van der Waals surface area (Å²) in [6.07, 6.45) is 0.501. The molecule has 3 atom stereocenters. The fourth-order valence-electron chi connectivity index (χ4n) is 5.22. The van der Waals surface area contributed by atoms with Crippen molar-refractivity contribution in [3.8, 4) is 11.1 Å². The van der Waals surface area contributed by atoms with Crippen LogP contribution >= 0.6 is 0 Å². The molecule has 1 heterocycles. The normalized spacial score (nSPS) is 21.8. The highest BCUT2D eigenvalue weighted by molar-refractivity contribution is 5.81. The zero-order chi connectivity index (χ0) is 25.2. The second-order valence-corrected chi connectivity index (χ2v) is 10.2. The number of nitrogens with one attached hydrogen (secondary N) is 1.